The summed E-state index contributed by atoms with van der Waals surface area (Å²) < 4.78 is 5.15. The third-order valence-electron chi connectivity index (χ3n) is 6.00. The normalized spacial score (nSPS) is 14.4. The monoisotopic (exact) mass is 513 g/mol. The lowest BCUT2D eigenvalue weighted by atomic mass is 10.2. The van der Waals surface area contributed by atoms with Crippen molar-refractivity contribution in [3.63, 3.8) is 0 Å². The Labute approximate surface area is 222 Å². The van der Waals surface area contributed by atoms with Crippen LogP contribution in [0.3, 0.4) is 0 Å². The molecule has 2 aromatic carbocycles. The number of nitrogens with one attached hydrogen (secondary N) is 3. The Balaban J connectivity index is 1.30. The van der Waals surface area contributed by atoms with E-state index in [0.717, 1.165) is 48.6 Å². The van der Waals surface area contributed by atoms with Crippen LogP contribution >= 0.6 is 0 Å². The molecule has 0 radical (unpaired) electrons. The van der Waals surface area contributed by atoms with Gasteiger partial charge in [0.2, 0.25) is 11.9 Å². The molecule has 0 saturated carbocycles. The average Bonchev–Trinajstić information content (AvgIpc) is 3.40. The predicted octanol–water partition coefficient (Wildman–Crippen LogP) is 3.67. The molecule has 1 aliphatic heterocycles. The number of aromatic nitrogens is 2. The molecule has 1 aromatic heterocycles. The number of amides is 2. The first kappa shape index (κ1) is 26.4. The Morgan fingerprint density at radius 2 is 1.97 bits per heavy atom. The summed E-state index contributed by atoms with van der Waals surface area (Å²) in [7, 11) is 0. The highest BCUT2D eigenvalue weighted by atomic mass is 16.5. The van der Waals surface area contributed by atoms with E-state index in [9.17, 15) is 14.9 Å². The standard InChI is InChI=1S/C28H31N7O3/c1-2-7-22-15-25(34-27(32-22)33-23-11-6-10-21(14-23)16-29)35-13-12-24(18-35)31-26(36)17-30-28(37)38-19-20-8-4-3-5-9-20/h3-6,8-11,14-15,24H,2,7,12-13,17-19H2,1H3,(H,30,37)(H,31,36)(H,32,33,34)/t24-/m0/s1. The molecule has 2 heterocycles. The minimum absolute atomic E-state index is 0.0713. The van der Waals surface area contributed by atoms with Crippen molar-refractivity contribution in [1.29, 1.82) is 5.26 Å². The first-order chi connectivity index (χ1) is 18.5. The Hall–Kier alpha value is -4.65. The zero-order chi connectivity index (χ0) is 26.7. The summed E-state index contributed by atoms with van der Waals surface area (Å²) in [5, 5.41) is 17.9. The van der Waals surface area contributed by atoms with Crippen LogP contribution in [0.25, 0.3) is 0 Å². The number of nitriles is 1. The molecule has 3 aromatic rings. The van der Waals surface area contributed by atoms with E-state index in [0.29, 0.717) is 18.1 Å². The van der Waals surface area contributed by atoms with E-state index < -0.39 is 6.09 Å². The van der Waals surface area contributed by atoms with Gasteiger partial charge in [-0.1, -0.05) is 49.7 Å². The molecule has 0 aliphatic carbocycles. The van der Waals surface area contributed by atoms with Crippen LogP contribution < -0.4 is 20.9 Å². The highest BCUT2D eigenvalue weighted by Gasteiger charge is 2.26. The molecule has 2 amide bonds. The molecule has 38 heavy (non-hydrogen) atoms. The van der Waals surface area contributed by atoms with Crippen LogP contribution in [0.1, 0.15) is 36.6 Å². The van der Waals surface area contributed by atoms with E-state index in [1.54, 1.807) is 12.1 Å². The van der Waals surface area contributed by atoms with Gasteiger partial charge in [0, 0.05) is 36.6 Å². The Bertz CT molecular complexity index is 1290. The SMILES string of the molecule is CCCc1cc(N2CC[C@H](NC(=O)CNC(=O)OCc3ccccc3)C2)nc(Nc2cccc(C#N)c2)n1. The summed E-state index contributed by atoms with van der Waals surface area (Å²) in [6, 6.07) is 20.6. The van der Waals surface area contributed by atoms with Gasteiger partial charge in [0.15, 0.2) is 0 Å². The van der Waals surface area contributed by atoms with Gasteiger partial charge in [-0.2, -0.15) is 10.2 Å². The molecule has 196 valence electrons. The number of hydrogen-bond donors (Lipinski definition) is 3. The Morgan fingerprint density at radius 1 is 1.13 bits per heavy atom. The van der Waals surface area contributed by atoms with Crippen molar-refractivity contribution in [2.24, 2.45) is 0 Å². The van der Waals surface area contributed by atoms with Crippen molar-refractivity contribution in [1.82, 2.24) is 20.6 Å². The van der Waals surface area contributed by atoms with Gasteiger partial charge in [-0.15, -0.1) is 0 Å². The van der Waals surface area contributed by atoms with Crippen LogP contribution in [-0.2, 0) is 22.6 Å². The maximum absolute atomic E-state index is 12.4. The van der Waals surface area contributed by atoms with Gasteiger partial charge in [0.05, 0.1) is 11.6 Å². The van der Waals surface area contributed by atoms with Crippen LogP contribution in [0.2, 0.25) is 0 Å². The molecule has 0 unspecified atom stereocenters. The number of alkyl carbamates (subject to hydrolysis) is 1. The Morgan fingerprint density at radius 3 is 2.76 bits per heavy atom. The van der Waals surface area contributed by atoms with E-state index in [1.807, 2.05) is 48.5 Å². The minimum Gasteiger partial charge on any atom is -0.445 e. The number of rotatable bonds is 10. The summed E-state index contributed by atoms with van der Waals surface area (Å²) in [5.41, 5.74) is 3.09. The van der Waals surface area contributed by atoms with Gasteiger partial charge < -0.3 is 25.6 Å². The van der Waals surface area contributed by atoms with Gasteiger partial charge in [-0.05, 0) is 36.6 Å². The predicted molar refractivity (Wildman–Crippen MR) is 144 cm³/mol. The Kier molecular flexibility index (Phi) is 9.07. The van der Waals surface area contributed by atoms with E-state index in [4.69, 9.17) is 9.72 Å². The molecule has 1 aliphatic rings. The molecule has 1 fully saturated rings. The van der Waals surface area contributed by atoms with Gasteiger partial charge in [-0.25, -0.2) is 9.78 Å². The lowest BCUT2D eigenvalue weighted by molar-refractivity contribution is -0.120. The molecule has 10 heteroatoms. The van der Waals surface area contributed by atoms with Crippen molar-refractivity contribution in [3.05, 3.63) is 77.5 Å². The summed E-state index contributed by atoms with van der Waals surface area (Å²) in [6.45, 7) is 3.40. The molecular weight excluding hydrogens is 482 g/mol. The molecule has 1 saturated heterocycles. The first-order valence-electron chi connectivity index (χ1n) is 12.7. The maximum Gasteiger partial charge on any atom is 0.407 e. The molecule has 10 nitrogen and oxygen atoms in total. The zero-order valence-electron chi connectivity index (χ0n) is 21.3. The third-order valence-corrected chi connectivity index (χ3v) is 6.00. The topological polar surface area (TPSA) is 132 Å². The average molecular weight is 514 g/mol. The van der Waals surface area contributed by atoms with Crippen molar-refractivity contribution in [2.45, 2.75) is 38.8 Å². The van der Waals surface area contributed by atoms with Crippen molar-refractivity contribution in [3.8, 4) is 6.07 Å². The summed E-state index contributed by atoms with van der Waals surface area (Å²) in [4.78, 5) is 35.8. The van der Waals surface area contributed by atoms with Crippen LogP contribution in [0.5, 0.6) is 0 Å². The number of benzene rings is 2. The quantitative estimate of drug-likeness (QED) is 0.374. The smallest absolute Gasteiger partial charge is 0.407 e. The van der Waals surface area contributed by atoms with Crippen molar-refractivity contribution >= 4 is 29.5 Å². The fraction of sp³-hybridized carbons (Fsp3) is 0.321. The van der Waals surface area contributed by atoms with Crippen molar-refractivity contribution < 1.29 is 14.3 Å². The number of anilines is 3. The highest BCUT2D eigenvalue weighted by molar-refractivity contribution is 5.82. The number of aryl methyl sites for hydroxylation is 1. The summed E-state index contributed by atoms with van der Waals surface area (Å²) >= 11 is 0. The zero-order valence-corrected chi connectivity index (χ0v) is 21.3. The molecule has 1 atom stereocenters. The molecule has 4 rings (SSSR count). The van der Waals surface area contributed by atoms with Gasteiger partial charge in [-0.3, -0.25) is 4.79 Å². The molecular formula is C28H31N7O3. The molecule has 3 N–H and O–H groups in total. The number of hydrogen-bond acceptors (Lipinski definition) is 8. The second-order valence-corrected chi connectivity index (χ2v) is 9.02. The van der Waals surface area contributed by atoms with Crippen molar-refractivity contribution in [2.75, 3.05) is 29.9 Å². The van der Waals surface area contributed by atoms with Crippen LogP contribution in [0.15, 0.2) is 60.7 Å². The summed E-state index contributed by atoms with van der Waals surface area (Å²) in [5.74, 6) is 0.969. The number of nitrogens with zero attached hydrogens (tertiary/aromatic N) is 4. The number of carbonyl (C=O) groups is 2. The maximum atomic E-state index is 12.4. The second kappa shape index (κ2) is 13.1. The molecule has 0 bridgehead atoms. The fourth-order valence-electron chi connectivity index (χ4n) is 4.17. The lowest BCUT2D eigenvalue weighted by Gasteiger charge is -2.20. The van der Waals surface area contributed by atoms with Crippen LogP contribution in [0, 0.1) is 11.3 Å². The van der Waals surface area contributed by atoms with E-state index in [1.165, 1.54) is 0 Å². The van der Waals surface area contributed by atoms with E-state index in [-0.39, 0.29) is 25.1 Å². The van der Waals surface area contributed by atoms with Crippen LogP contribution in [0.4, 0.5) is 22.2 Å². The third kappa shape index (κ3) is 7.67. The minimum atomic E-state index is -0.637. The highest BCUT2D eigenvalue weighted by Crippen LogP contribution is 2.23. The largest absolute Gasteiger partial charge is 0.445 e. The van der Waals surface area contributed by atoms with Gasteiger partial charge >= 0.3 is 6.09 Å². The van der Waals surface area contributed by atoms with Gasteiger partial charge in [0.1, 0.15) is 19.0 Å². The number of carbonyl (C=O) groups excluding carboxylic acids is 2. The second-order valence-electron chi connectivity index (χ2n) is 9.02. The number of ether oxygens (including phenoxy) is 1. The van der Waals surface area contributed by atoms with Gasteiger partial charge in [0.25, 0.3) is 0 Å². The molecule has 0 spiro atoms. The van der Waals surface area contributed by atoms with Crippen LogP contribution in [-0.4, -0.2) is 47.6 Å². The fourth-order valence-corrected chi connectivity index (χ4v) is 4.17. The lowest BCUT2D eigenvalue weighted by Crippen LogP contribution is -2.43. The van der Waals surface area contributed by atoms with E-state index in [2.05, 4.69) is 38.8 Å². The van der Waals surface area contributed by atoms with E-state index >= 15 is 0 Å². The summed E-state index contributed by atoms with van der Waals surface area (Å²) in [6.07, 6.45) is 1.87. The first-order valence-corrected chi connectivity index (χ1v) is 12.7.